The molecule has 0 radical (unpaired) electrons. The fourth-order valence-electron chi connectivity index (χ4n) is 2.36. The van der Waals surface area contributed by atoms with Gasteiger partial charge >= 0.3 is 0 Å². The van der Waals surface area contributed by atoms with E-state index >= 15 is 0 Å². The quantitative estimate of drug-likeness (QED) is 0.371. The van der Waals surface area contributed by atoms with Gasteiger partial charge in [-0.2, -0.15) is 0 Å². The molecule has 134 valence electrons. The topological polar surface area (TPSA) is 75.3 Å². The zero-order valence-corrected chi connectivity index (χ0v) is 17.8. The molecule has 0 bridgehead atoms. The highest BCUT2D eigenvalue weighted by atomic mass is 127. The smallest absolute Gasteiger partial charge is 0.191 e. The van der Waals surface area contributed by atoms with Crippen molar-refractivity contribution in [1.29, 1.82) is 0 Å². The van der Waals surface area contributed by atoms with Crippen LogP contribution in [0.4, 0.5) is 0 Å². The third-order valence-corrected chi connectivity index (χ3v) is 4.65. The Morgan fingerprint density at radius 3 is 2.58 bits per heavy atom. The number of nitrogens with zero attached hydrogens (tertiary/aromatic N) is 3. The second kappa shape index (κ2) is 10.7. The second-order valence-corrected chi connectivity index (χ2v) is 6.68. The molecule has 0 spiro atoms. The number of aromatic nitrogens is 2. The molecule has 0 aliphatic carbocycles. The molecule has 0 aliphatic heterocycles. The van der Waals surface area contributed by atoms with Gasteiger partial charge in [0, 0.05) is 30.1 Å². The number of guanidine groups is 1. The second-order valence-electron chi connectivity index (χ2n) is 5.36. The van der Waals surface area contributed by atoms with E-state index in [1.54, 1.807) is 18.4 Å². The Balaban J connectivity index is 0.00000288. The number of halogens is 1. The number of aryl methyl sites for hydroxylation is 1. The first-order valence-corrected chi connectivity index (χ1v) is 8.79. The monoisotopic (exact) mass is 463 g/mol. The summed E-state index contributed by atoms with van der Waals surface area (Å²) < 4.78 is 5.41. The molecule has 0 saturated carbocycles. The maximum Gasteiger partial charge on any atom is 0.191 e. The van der Waals surface area contributed by atoms with Crippen LogP contribution in [0.2, 0.25) is 0 Å². The average Bonchev–Trinajstić information content (AvgIpc) is 3.18. The summed E-state index contributed by atoms with van der Waals surface area (Å²) in [7, 11) is 1.75. The van der Waals surface area contributed by atoms with Gasteiger partial charge in [0.1, 0.15) is 0 Å². The lowest BCUT2D eigenvalue weighted by Gasteiger charge is -2.09. The molecule has 0 saturated heterocycles. The van der Waals surface area contributed by atoms with Crippen molar-refractivity contribution in [3.05, 3.63) is 33.6 Å². The van der Waals surface area contributed by atoms with Crippen LogP contribution in [0.25, 0.3) is 0 Å². The van der Waals surface area contributed by atoms with E-state index in [1.165, 1.54) is 4.88 Å². The van der Waals surface area contributed by atoms with Gasteiger partial charge < -0.3 is 15.2 Å². The third-order valence-electron chi connectivity index (χ3n) is 3.73. The van der Waals surface area contributed by atoms with Crippen molar-refractivity contribution in [3.8, 4) is 0 Å². The summed E-state index contributed by atoms with van der Waals surface area (Å²) in [6.07, 6.45) is 4.04. The van der Waals surface area contributed by atoms with E-state index < -0.39 is 0 Å². The number of thiazole rings is 1. The zero-order chi connectivity index (χ0) is 16.7. The highest BCUT2D eigenvalue weighted by molar-refractivity contribution is 14.0. The summed E-state index contributed by atoms with van der Waals surface area (Å²) in [5, 5.41) is 11.8. The minimum Gasteiger partial charge on any atom is -0.359 e. The van der Waals surface area contributed by atoms with Crippen molar-refractivity contribution in [3.63, 3.8) is 0 Å². The fraction of sp³-hybridized carbons (Fsp3) is 0.562. The normalized spacial score (nSPS) is 11.5. The van der Waals surface area contributed by atoms with Crippen LogP contribution in [0.15, 0.2) is 21.8 Å². The first-order chi connectivity index (χ1) is 11.2. The van der Waals surface area contributed by atoms with E-state index in [2.05, 4.69) is 39.6 Å². The fourth-order valence-corrected chi connectivity index (χ4v) is 3.10. The van der Waals surface area contributed by atoms with Gasteiger partial charge in [0.15, 0.2) is 11.7 Å². The number of rotatable bonds is 7. The van der Waals surface area contributed by atoms with Crippen LogP contribution >= 0.6 is 35.3 Å². The van der Waals surface area contributed by atoms with Crippen molar-refractivity contribution < 1.29 is 4.52 Å². The van der Waals surface area contributed by atoms with Crippen molar-refractivity contribution in [2.24, 2.45) is 4.99 Å². The van der Waals surface area contributed by atoms with Gasteiger partial charge in [-0.25, -0.2) is 4.98 Å². The van der Waals surface area contributed by atoms with Crippen LogP contribution in [0.5, 0.6) is 0 Å². The molecule has 0 aliphatic rings. The van der Waals surface area contributed by atoms with Crippen LogP contribution in [-0.4, -0.2) is 23.1 Å². The first-order valence-electron chi connectivity index (χ1n) is 7.97. The Bertz CT molecular complexity index is 636. The number of aliphatic imine (C=N–C) groups is 1. The van der Waals surface area contributed by atoms with Crippen LogP contribution < -0.4 is 10.6 Å². The summed E-state index contributed by atoms with van der Waals surface area (Å²) in [5.41, 5.74) is 1.04. The molecule has 0 unspecified atom stereocenters. The zero-order valence-electron chi connectivity index (χ0n) is 14.6. The third kappa shape index (κ3) is 6.04. The summed E-state index contributed by atoms with van der Waals surface area (Å²) in [4.78, 5) is 9.64. The molecular weight excluding hydrogens is 437 g/mol. The van der Waals surface area contributed by atoms with E-state index in [0.29, 0.717) is 19.0 Å². The molecule has 2 rings (SSSR count). The van der Waals surface area contributed by atoms with Crippen molar-refractivity contribution >= 4 is 41.3 Å². The molecule has 2 aromatic rings. The van der Waals surface area contributed by atoms with Gasteiger partial charge in [-0.1, -0.05) is 19.0 Å². The predicted molar refractivity (Wildman–Crippen MR) is 109 cm³/mol. The van der Waals surface area contributed by atoms with Crippen molar-refractivity contribution in [2.45, 2.75) is 52.6 Å². The van der Waals surface area contributed by atoms with Crippen LogP contribution in [0, 0.1) is 6.92 Å². The lowest BCUT2D eigenvalue weighted by Crippen LogP contribution is -2.36. The summed E-state index contributed by atoms with van der Waals surface area (Å²) in [6.45, 7) is 7.62. The van der Waals surface area contributed by atoms with Gasteiger partial charge in [-0.15, -0.1) is 35.3 Å². The molecule has 6 nitrogen and oxygen atoms in total. The average molecular weight is 463 g/mol. The van der Waals surface area contributed by atoms with Crippen molar-refractivity contribution in [2.75, 3.05) is 7.05 Å². The molecule has 2 aromatic heterocycles. The predicted octanol–water partition coefficient (Wildman–Crippen LogP) is 3.83. The summed E-state index contributed by atoms with van der Waals surface area (Å²) >= 11 is 1.68. The van der Waals surface area contributed by atoms with E-state index in [0.717, 1.165) is 35.3 Å². The SMILES string of the molecule is CCC(CC)c1cc(CNC(=NC)NCc2cnc(C)s2)on1.I. The van der Waals surface area contributed by atoms with E-state index in [4.69, 9.17) is 4.52 Å². The highest BCUT2D eigenvalue weighted by Crippen LogP contribution is 2.22. The van der Waals surface area contributed by atoms with Gasteiger partial charge in [0.2, 0.25) is 0 Å². The van der Waals surface area contributed by atoms with Crippen LogP contribution in [0.1, 0.15) is 53.9 Å². The van der Waals surface area contributed by atoms with Gasteiger partial charge in [0.05, 0.1) is 23.8 Å². The Labute approximate surface area is 164 Å². The molecule has 0 aromatic carbocycles. The van der Waals surface area contributed by atoms with E-state index in [9.17, 15) is 0 Å². The molecule has 2 heterocycles. The molecule has 0 amide bonds. The first kappa shape index (κ1) is 20.9. The molecule has 2 N–H and O–H groups in total. The molecule has 24 heavy (non-hydrogen) atoms. The van der Waals surface area contributed by atoms with Crippen molar-refractivity contribution in [1.82, 2.24) is 20.8 Å². The van der Waals surface area contributed by atoms with E-state index in [1.807, 2.05) is 19.2 Å². The maximum absolute atomic E-state index is 5.41. The number of hydrogen-bond acceptors (Lipinski definition) is 5. The number of hydrogen-bond donors (Lipinski definition) is 2. The molecular formula is C16H26IN5OS. The largest absolute Gasteiger partial charge is 0.359 e. The Kier molecular flexibility index (Phi) is 9.27. The molecule has 0 fully saturated rings. The van der Waals surface area contributed by atoms with Crippen LogP contribution in [-0.2, 0) is 13.1 Å². The lowest BCUT2D eigenvalue weighted by molar-refractivity contribution is 0.368. The van der Waals surface area contributed by atoms with Gasteiger partial charge in [-0.05, 0) is 19.8 Å². The molecule has 0 atom stereocenters. The van der Waals surface area contributed by atoms with E-state index in [-0.39, 0.29) is 24.0 Å². The van der Waals surface area contributed by atoms with Gasteiger partial charge in [-0.3, -0.25) is 4.99 Å². The minimum absolute atomic E-state index is 0. The Morgan fingerprint density at radius 1 is 1.29 bits per heavy atom. The standard InChI is InChI=1S/C16H25N5OS.HI/c1-5-12(6-2)15-7-13(22-21-15)8-19-16(17-4)20-10-14-9-18-11(3)23-14;/h7,9,12H,5-6,8,10H2,1-4H3,(H2,17,19,20);1H. The minimum atomic E-state index is 0. The van der Waals surface area contributed by atoms with Crippen LogP contribution in [0.3, 0.4) is 0 Å². The summed E-state index contributed by atoms with van der Waals surface area (Å²) in [6, 6.07) is 2.03. The maximum atomic E-state index is 5.41. The molecule has 8 heteroatoms. The Hall–Kier alpha value is -1.16. The summed E-state index contributed by atoms with van der Waals surface area (Å²) in [5.74, 6) is 2.03. The number of nitrogens with one attached hydrogen (secondary N) is 2. The highest BCUT2D eigenvalue weighted by Gasteiger charge is 2.13. The Morgan fingerprint density at radius 2 is 2.00 bits per heavy atom. The van der Waals surface area contributed by atoms with Gasteiger partial charge in [0.25, 0.3) is 0 Å². The lowest BCUT2D eigenvalue weighted by atomic mass is 9.99.